The fourth-order valence-corrected chi connectivity index (χ4v) is 2.36. The summed E-state index contributed by atoms with van der Waals surface area (Å²) < 4.78 is 26.3. The zero-order chi connectivity index (χ0) is 14.8. The van der Waals surface area contributed by atoms with E-state index in [4.69, 9.17) is 17.3 Å². The standard InChI is InChI=1S/C16H16ClF2N/c1-16(20,9-11-2-5-13(18)6-3-11)10-12-4-7-14(17)15(19)8-12/h2-8H,9-10,20H2,1H3. The predicted octanol–water partition coefficient (Wildman–Crippen LogP) is 4.12. The van der Waals surface area contributed by atoms with Gasteiger partial charge in [0.15, 0.2) is 0 Å². The third kappa shape index (κ3) is 4.02. The van der Waals surface area contributed by atoms with Crippen LogP contribution in [0, 0.1) is 11.6 Å². The zero-order valence-electron chi connectivity index (χ0n) is 11.2. The lowest BCUT2D eigenvalue weighted by atomic mass is 9.87. The van der Waals surface area contributed by atoms with Crippen molar-refractivity contribution >= 4 is 11.6 Å². The molecule has 0 saturated heterocycles. The molecule has 2 N–H and O–H groups in total. The van der Waals surface area contributed by atoms with E-state index >= 15 is 0 Å². The summed E-state index contributed by atoms with van der Waals surface area (Å²) >= 11 is 5.65. The van der Waals surface area contributed by atoms with Gasteiger partial charge in [-0.15, -0.1) is 0 Å². The Labute approximate surface area is 122 Å². The molecule has 2 aromatic carbocycles. The van der Waals surface area contributed by atoms with Gasteiger partial charge in [-0.3, -0.25) is 0 Å². The molecular formula is C16H16ClF2N. The Morgan fingerprint density at radius 3 is 2.15 bits per heavy atom. The van der Waals surface area contributed by atoms with E-state index in [1.807, 2.05) is 6.92 Å². The summed E-state index contributed by atoms with van der Waals surface area (Å²) in [5.41, 5.74) is 7.45. The molecule has 4 heteroatoms. The third-order valence-corrected chi connectivity index (χ3v) is 3.42. The van der Waals surface area contributed by atoms with Crippen molar-refractivity contribution in [3.63, 3.8) is 0 Å². The van der Waals surface area contributed by atoms with Crippen LogP contribution in [-0.4, -0.2) is 5.54 Å². The van der Waals surface area contributed by atoms with Crippen LogP contribution < -0.4 is 5.73 Å². The highest BCUT2D eigenvalue weighted by atomic mass is 35.5. The highest BCUT2D eigenvalue weighted by Crippen LogP contribution is 2.21. The van der Waals surface area contributed by atoms with E-state index in [1.165, 1.54) is 24.3 Å². The summed E-state index contributed by atoms with van der Waals surface area (Å²) in [6.07, 6.45) is 1.09. The monoisotopic (exact) mass is 295 g/mol. The van der Waals surface area contributed by atoms with E-state index in [-0.39, 0.29) is 10.8 Å². The SMILES string of the molecule is CC(N)(Cc1ccc(F)cc1)Cc1ccc(Cl)c(F)c1. The maximum absolute atomic E-state index is 13.4. The molecule has 2 rings (SSSR count). The molecule has 1 nitrogen and oxygen atoms in total. The number of hydrogen-bond acceptors (Lipinski definition) is 1. The van der Waals surface area contributed by atoms with E-state index in [0.29, 0.717) is 12.8 Å². The lowest BCUT2D eigenvalue weighted by molar-refractivity contribution is 0.461. The second kappa shape index (κ2) is 5.90. The number of nitrogens with two attached hydrogens (primary N) is 1. The first-order chi connectivity index (χ1) is 9.35. The average molecular weight is 296 g/mol. The lowest BCUT2D eigenvalue weighted by Gasteiger charge is -2.25. The highest BCUT2D eigenvalue weighted by Gasteiger charge is 2.20. The molecular weight excluding hydrogens is 280 g/mol. The molecule has 0 fully saturated rings. The number of halogens is 3. The molecule has 106 valence electrons. The smallest absolute Gasteiger partial charge is 0.142 e. The fourth-order valence-electron chi connectivity index (χ4n) is 2.25. The molecule has 0 aromatic heterocycles. The molecule has 0 aliphatic rings. The largest absolute Gasteiger partial charge is 0.325 e. The van der Waals surface area contributed by atoms with Crippen LogP contribution in [0.4, 0.5) is 8.78 Å². The Morgan fingerprint density at radius 1 is 1.00 bits per heavy atom. The lowest BCUT2D eigenvalue weighted by Crippen LogP contribution is -2.40. The van der Waals surface area contributed by atoms with Crippen molar-refractivity contribution < 1.29 is 8.78 Å². The van der Waals surface area contributed by atoms with E-state index in [9.17, 15) is 8.78 Å². The van der Waals surface area contributed by atoms with Crippen LogP contribution in [0.25, 0.3) is 0 Å². The van der Waals surface area contributed by atoms with E-state index in [0.717, 1.165) is 11.1 Å². The molecule has 0 aliphatic heterocycles. The molecule has 20 heavy (non-hydrogen) atoms. The third-order valence-electron chi connectivity index (χ3n) is 3.11. The molecule has 0 amide bonds. The van der Waals surface area contributed by atoms with Crippen LogP contribution in [0.2, 0.25) is 5.02 Å². The number of hydrogen-bond donors (Lipinski definition) is 1. The molecule has 1 atom stereocenters. The van der Waals surface area contributed by atoms with Crippen molar-refractivity contribution in [2.75, 3.05) is 0 Å². The summed E-state index contributed by atoms with van der Waals surface area (Å²) in [5, 5.41) is 0.103. The van der Waals surface area contributed by atoms with Gasteiger partial charge in [0, 0.05) is 5.54 Å². The van der Waals surface area contributed by atoms with Gasteiger partial charge < -0.3 is 5.73 Å². The van der Waals surface area contributed by atoms with Crippen molar-refractivity contribution in [3.05, 3.63) is 70.2 Å². The maximum Gasteiger partial charge on any atom is 0.142 e. The van der Waals surface area contributed by atoms with Gasteiger partial charge in [0.25, 0.3) is 0 Å². The van der Waals surface area contributed by atoms with Gasteiger partial charge in [-0.1, -0.05) is 29.8 Å². The molecule has 0 spiro atoms. The Hall–Kier alpha value is -1.45. The minimum atomic E-state index is -0.544. The van der Waals surface area contributed by atoms with Crippen LogP contribution >= 0.6 is 11.6 Å². The molecule has 0 saturated carbocycles. The van der Waals surface area contributed by atoms with Gasteiger partial charge in [0.05, 0.1) is 5.02 Å². The van der Waals surface area contributed by atoms with Crippen molar-refractivity contribution in [1.29, 1.82) is 0 Å². The van der Waals surface area contributed by atoms with Crippen molar-refractivity contribution in [2.45, 2.75) is 25.3 Å². The van der Waals surface area contributed by atoms with E-state index < -0.39 is 11.4 Å². The first-order valence-electron chi connectivity index (χ1n) is 6.33. The van der Waals surface area contributed by atoms with Crippen LogP contribution in [0.1, 0.15) is 18.1 Å². The molecule has 0 aliphatic carbocycles. The van der Waals surface area contributed by atoms with Crippen molar-refractivity contribution in [1.82, 2.24) is 0 Å². The van der Waals surface area contributed by atoms with Crippen LogP contribution in [0.3, 0.4) is 0 Å². The summed E-state index contributed by atoms with van der Waals surface area (Å²) in [6, 6.07) is 10.9. The average Bonchev–Trinajstić information content (AvgIpc) is 2.36. The van der Waals surface area contributed by atoms with Crippen LogP contribution in [0.15, 0.2) is 42.5 Å². The van der Waals surface area contributed by atoms with Gasteiger partial charge in [-0.05, 0) is 55.2 Å². The van der Waals surface area contributed by atoms with Gasteiger partial charge in [0.2, 0.25) is 0 Å². The molecule has 0 radical (unpaired) electrons. The normalized spacial score (nSPS) is 14.1. The first kappa shape index (κ1) is 14.9. The minimum Gasteiger partial charge on any atom is -0.325 e. The Balaban J connectivity index is 2.09. The number of benzene rings is 2. The minimum absolute atomic E-state index is 0.103. The topological polar surface area (TPSA) is 26.0 Å². The molecule has 2 aromatic rings. The van der Waals surface area contributed by atoms with Gasteiger partial charge in [-0.2, -0.15) is 0 Å². The highest BCUT2D eigenvalue weighted by molar-refractivity contribution is 6.30. The Bertz CT molecular complexity index is 594. The Kier molecular flexibility index (Phi) is 4.41. The first-order valence-corrected chi connectivity index (χ1v) is 6.71. The van der Waals surface area contributed by atoms with Crippen LogP contribution in [-0.2, 0) is 12.8 Å². The maximum atomic E-state index is 13.4. The quantitative estimate of drug-likeness (QED) is 0.902. The molecule has 0 heterocycles. The predicted molar refractivity (Wildman–Crippen MR) is 77.8 cm³/mol. The zero-order valence-corrected chi connectivity index (χ0v) is 11.9. The summed E-state index contributed by atoms with van der Waals surface area (Å²) in [5.74, 6) is -0.714. The molecule has 1 unspecified atom stereocenters. The van der Waals surface area contributed by atoms with Crippen LogP contribution in [0.5, 0.6) is 0 Å². The van der Waals surface area contributed by atoms with Crippen molar-refractivity contribution in [2.24, 2.45) is 5.73 Å². The summed E-state index contributed by atoms with van der Waals surface area (Å²) in [7, 11) is 0. The fraction of sp³-hybridized carbons (Fsp3) is 0.250. The second-order valence-corrected chi connectivity index (χ2v) is 5.79. The van der Waals surface area contributed by atoms with E-state index in [1.54, 1.807) is 18.2 Å². The van der Waals surface area contributed by atoms with Gasteiger partial charge in [0.1, 0.15) is 11.6 Å². The summed E-state index contributed by atoms with van der Waals surface area (Å²) in [4.78, 5) is 0. The second-order valence-electron chi connectivity index (χ2n) is 5.38. The molecule has 0 bridgehead atoms. The van der Waals surface area contributed by atoms with Crippen molar-refractivity contribution in [3.8, 4) is 0 Å². The Morgan fingerprint density at radius 2 is 1.55 bits per heavy atom. The van der Waals surface area contributed by atoms with E-state index in [2.05, 4.69) is 0 Å². The van der Waals surface area contributed by atoms with Gasteiger partial charge in [-0.25, -0.2) is 8.78 Å². The number of rotatable bonds is 4. The van der Waals surface area contributed by atoms with Gasteiger partial charge >= 0.3 is 0 Å². The summed E-state index contributed by atoms with van der Waals surface area (Å²) in [6.45, 7) is 1.89.